The van der Waals surface area contributed by atoms with Gasteiger partial charge in [-0.05, 0) is 23.8 Å². The highest BCUT2D eigenvalue weighted by molar-refractivity contribution is 7.22. The van der Waals surface area contributed by atoms with Crippen LogP contribution in [0.4, 0.5) is 0 Å². The van der Waals surface area contributed by atoms with Gasteiger partial charge in [0, 0.05) is 21.2 Å². The van der Waals surface area contributed by atoms with E-state index in [1.807, 2.05) is 24.3 Å². The molecule has 4 aromatic carbocycles. The number of hydrogen-bond donors (Lipinski definition) is 0. The van der Waals surface area contributed by atoms with Gasteiger partial charge < -0.3 is 0 Å². The minimum Gasteiger partial charge on any atom is -0.278 e. The van der Waals surface area contributed by atoms with E-state index in [-0.39, 0.29) is 0 Å². The molecule has 0 aliphatic rings. The second kappa shape index (κ2) is 7.93. The fourth-order valence-electron chi connectivity index (χ4n) is 4.76. The van der Waals surface area contributed by atoms with Crippen molar-refractivity contribution < 1.29 is 0 Å². The van der Waals surface area contributed by atoms with Gasteiger partial charge in [-0.25, -0.2) is 9.97 Å². The van der Waals surface area contributed by atoms with Crippen molar-refractivity contribution >= 4 is 56.7 Å². The number of thiophene rings is 1. The van der Waals surface area contributed by atoms with Gasteiger partial charge in [0.1, 0.15) is 7.85 Å². The van der Waals surface area contributed by atoms with Crippen LogP contribution in [-0.4, -0.2) is 22.4 Å². The second-order valence-electron chi connectivity index (χ2n) is 8.56. The monoisotopic (exact) mass is 463 g/mol. The highest BCUT2D eigenvalue weighted by Gasteiger charge is 2.19. The number of para-hydroxylation sites is 1. The molecule has 5 heteroatoms. The largest absolute Gasteiger partial charge is 0.278 e. The molecule has 0 bridgehead atoms. The maximum Gasteiger partial charge on any atom is 0.235 e. The maximum atomic E-state index is 6.16. The molecule has 3 nitrogen and oxygen atoms in total. The van der Waals surface area contributed by atoms with Gasteiger partial charge in [-0.1, -0.05) is 96.5 Å². The predicted octanol–water partition coefficient (Wildman–Crippen LogP) is 6.92. The maximum absolute atomic E-state index is 6.16. The molecule has 0 spiro atoms. The molecule has 162 valence electrons. The van der Waals surface area contributed by atoms with Gasteiger partial charge in [0.25, 0.3) is 0 Å². The highest BCUT2D eigenvalue weighted by atomic mass is 32.1. The summed E-state index contributed by atoms with van der Waals surface area (Å²) in [5, 5.41) is 2.23. The van der Waals surface area contributed by atoms with Gasteiger partial charge in [0.05, 0.1) is 26.9 Å². The molecule has 35 heavy (non-hydrogen) atoms. The van der Waals surface area contributed by atoms with Crippen LogP contribution in [0.1, 0.15) is 0 Å². The standard InChI is InChI=1S/C30H18BN3S/c31-21-15-16-26-23(17-21)22-13-7-8-14-25(22)34(26)30-32-24-18-27(19-9-3-1-4-10-19)35-29(24)28(33-30)20-11-5-2-6-12-20/h1-18H. The summed E-state index contributed by atoms with van der Waals surface area (Å²) in [5.41, 5.74) is 6.99. The molecular formula is C30H18BN3S. The molecule has 0 unspecified atom stereocenters. The molecule has 0 aliphatic heterocycles. The van der Waals surface area contributed by atoms with Crippen LogP contribution in [0.2, 0.25) is 0 Å². The van der Waals surface area contributed by atoms with E-state index < -0.39 is 0 Å². The van der Waals surface area contributed by atoms with Gasteiger partial charge in [0.15, 0.2) is 0 Å². The molecule has 2 radical (unpaired) electrons. The van der Waals surface area contributed by atoms with Crippen molar-refractivity contribution in [2.45, 2.75) is 0 Å². The first-order valence-corrected chi connectivity index (χ1v) is 12.3. The van der Waals surface area contributed by atoms with Crippen LogP contribution >= 0.6 is 11.3 Å². The van der Waals surface area contributed by atoms with Crippen LogP contribution < -0.4 is 5.46 Å². The minimum absolute atomic E-state index is 0.657. The second-order valence-corrected chi connectivity index (χ2v) is 9.61. The Bertz CT molecular complexity index is 1850. The Hall–Kier alpha value is -4.22. The summed E-state index contributed by atoms with van der Waals surface area (Å²) in [7, 11) is 6.16. The van der Waals surface area contributed by atoms with Gasteiger partial charge >= 0.3 is 0 Å². The first-order chi connectivity index (χ1) is 17.3. The third kappa shape index (κ3) is 3.28. The van der Waals surface area contributed by atoms with E-state index in [1.54, 1.807) is 11.3 Å². The third-order valence-corrected chi connectivity index (χ3v) is 7.54. The van der Waals surface area contributed by atoms with Crippen molar-refractivity contribution in [3.8, 4) is 27.6 Å². The summed E-state index contributed by atoms with van der Waals surface area (Å²) < 4.78 is 3.24. The third-order valence-electron chi connectivity index (χ3n) is 6.36. The average Bonchev–Trinajstić information content (AvgIpc) is 3.48. The molecule has 7 rings (SSSR count). The van der Waals surface area contributed by atoms with E-state index in [4.69, 9.17) is 17.8 Å². The van der Waals surface area contributed by atoms with E-state index in [1.165, 1.54) is 10.4 Å². The molecule has 0 atom stereocenters. The van der Waals surface area contributed by atoms with Crippen molar-refractivity contribution in [3.63, 3.8) is 0 Å². The number of aromatic nitrogens is 3. The fourth-order valence-corrected chi connectivity index (χ4v) is 5.87. The Morgan fingerprint density at radius 1 is 0.629 bits per heavy atom. The Morgan fingerprint density at radius 3 is 2.11 bits per heavy atom. The summed E-state index contributed by atoms with van der Waals surface area (Å²) >= 11 is 1.74. The molecule has 3 heterocycles. The number of fused-ring (bicyclic) bond motifs is 4. The Morgan fingerprint density at radius 2 is 1.31 bits per heavy atom. The van der Waals surface area contributed by atoms with Gasteiger partial charge in [-0.2, -0.15) is 0 Å². The van der Waals surface area contributed by atoms with Crippen LogP contribution in [0.5, 0.6) is 0 Å². The normalized spacial score (nSPS) is 11.5. The lowest BCUT2D eigenvalue weighted by Crippen LogP contribution is -2.04. The van der Waals surface area contributed by atoms with Crippen LogP contribution in [0.15, 0.2) is 109 Å². The molecule has 0 saturated carbocycles. The number of hydrogen-bond acceptors (Lipinski definition) is 3. The first-order valence-electron chi connectivity index (χ1n) is 11.5. The number of benzene rings is 4. The van der Waals surface area contributed by atoms with Crippen molar-refractivity contribution in [1.82, 2.24) is 14.5 Å². The Labute approximate surface area is 207 Å². The first kappa shape index (κ1) is 20.2. The lowest BCUT2D eigenvalue weighted by Gasteiger charge is -2.09. The minimum atomic E-state index is 0.657. The zero-order valence-electron chi connectivity index (χ0n) is 18.7. The molecule has 7 aromatic rings. The summed E-state index contributed by atoms with van der Waals surface area (Å²) in [6, 6.07) is 37.4. The zero-order chi connectivity index (χ0) is 23.4. The zero-order valence-corrected chi connectivity index (χ0v) is 19.5. The summed E-state index contributed by atoms with van der Waals surface area (Å²) in [6.07, 6.45) is 0. The van der Waals surface area contributed by atoms with Crippen molar-refractivity contribution in [1.29, 1.82) is 0 Å². The predicted molar refractivity (Wildman–Crippen MR) is 148 cm³/mol. The van der Waals surface area contributed by atoms with Crippen molar-refractivity contribution in [2.24, 2.45) is 0 Å². The molecule has 0 fully saturated rings. The fraction of sp³-hybridized carbons (Fsp3) is 0. The summed E-state index contributed by atoms with van der Waals surface area (Å²) in [6.45, 7) is 0. The molecule has 0 aliphatic carbocycles. The molecule has 0 amide bonds. The summed E-state index contributed by atoms with van der Waals surface area (Å²) in [4.78, 5) is 11.5. The van der Waals surface area contributed by atoms with E-state index in [0.717, 1.165) is 48.7 Å². The smallest absolute Gasteiger partial charge is 0.235 e. The van der Waals surface area contributed by atoms with Crippen LogP contribution in [0.3, 0.4) is 0 Å². The quantitative estimate of drug-likeness (QED) is 0.267. The number of rotatable bonds is 3. The SMILES string of the molecule is [B]c1ccc2c(c1)c1ccccc1n2-c1nc(-c2ccccc2)c2sc(-c3ccccc3)cc2n1. The van der Waals surface area contributed by atoms with Gasteiger partial charge in [-0.15, -0.1) is 11.3 Å². The van der Waals surface area contributed by atoms with Crippen LogP contribution in [0, 0.1) is 0 Å². The molecule has 0 N–H and O–H groups in total. The van der Waals surface area contributed by atoms with Crippen LogP contribution in [-0.2, 0) is 0 Å². The topological polar surface area (TPSA) is 30.7 Å². The van der Waals surface area contributed by atoms with E-state index >= 15 is 0 Å². The summed E-state index contributed by atoms with van der Waals surface area (Å²) in [5.74, 6) is 0.657. The highest BCUT2D eigenvalue weighted by Crippen LogP contribution is 2.39. The lowest BCUT2D eigenvalue weighted by molar-refractivity contribution is 1.02. The Balaban J connectivity index is 1.57. The average molecular weight is 463 g/mol. The lowest BCUT2D eigenvalue weighted by atomic mass is 9.94. The van der Waals surface area contributed by atoms with Crippen LogP contribution in [0.25, 0.3) is 59.7 Å². The van der Waals surface area contributed by atoms with E-state index in [9.17, 15) is 0 Å². The number of nitrogens with zero attached hydrogens (tertiary/aromatic N) is 3. The molecule has 0 saturated heterocycles. The van der Waals surface area contributed by atoms with Crippen molar-refractivity contribution in [2.75, 3.05) is 0 Å². The molecular weight excluding hydrogens is 445 g/mol. The van der Waals surface area contributed by atoms with Gasteiger partial charge in [0.2, 0.25) is 5.95 Å². The Kier molecular flexibility index (Phi) is 4.57. The van der Waals surface area contributed by atoms with E-state index in [0.29, 0.717) is 5.95 Å². The van der Waals surface area contributed by atoms with Crippen molar-refractivity contribution in [3.05, 3.63) is 109 Å². The molecule has 3 aromatic heterocycles. The van der Waals surface area contributed by atoms with E-state index in [2.05, 4.69) is 89.5 Å². The van der Waals surface area contributed by atoms with Gasteiger partial charge in [-0.3, -0.25) is 4.57 Å².